The maximum Gasteiger partial charge on any atom is 0.227 e. The molecule has 2 amide bonds. The Balaban J connectivity index is 1.58. The highest BCUT2D eigenvalue weighted by atomic mass is 16.5. The van der Waals surface area contributed by atoms with Crippen LogP contribution in [0.4, 0.5) is 5.69 Å². The third-order valence-corrected chi connectivity index (χ3v) is 6.14. The van der Waals surface area contributed by atoms with Crippen molar-refractivity contribution in [1.82, 2.24) is 15.5 Å². The number of rotatable bonds is 8. The lowest BCUT2D eigenvalue weighted by molar-refractivity contribution is -0.129. The predicted octanol–water partition coefficient (Wildman–Crippen LogP) is 3.93. The molecule has 1 N–H and O–H groups in total. The largest absolute Gasteiger partial charge is 0.496 e. The second kappa shape index (κ2) is 10.5. The van der Waals surface area contributed by atoms with Gasteiger partial charge in [0.05, 0.1) is 19.1 Å². The first-order chi connectivity index (χ1) is 16.5. The molecule has 1 aromatic heterocycles. The third kappa shape index (κ3) is 5.11. The molecule has 2 aromatic carbocycles. The first kappa shape index (κ1) is 23.5. The zero-order chi connectivity index (χ0) is 24.1. The minimum absolute atomic E-state index is 0.00410. The van der Waals surface area contributed by atoms with Crippen molar-refractivity contribution >= 4 is 17.5 Å². The molecular formula is C26H30N4O4. The molecular weight excluding hydrogens is 432 g/mol. The summed E-state index contributed by atoms with van der Waals surface area (Å²) in [6.07, 6.45) is 2.05. The molecule has 2 heterocycles. The van der Waals surface area contributed by atoms with Gasteiger partial charge < -0.3 is 19.5 Å². The first-order valence-electron chi connectivity index (χ1n) is 11.6. The molecule has 8 nitrogen and oxygen atoms in total. The molecule has 1 aliphatic heterocycles. The zero-order valence-corrected chi connectivity index (χ0v) is 19.8. The van der Waals surface area contributed by atoms with E-state index in [1.807, 2.05) is 55.5 Å². The SMILES string of the molecule is COc1ccccc1C1C(C(=O)NCCCc2nc(C)no2)CCC(=O)N1c1ccc(C)cc1. The lowest BCUT2D eigenvalue weighted by atomic mass is 9.82. The highest BCUT2D eigenvalue weighted by Crippen LogP contribution is 2.43. The minimum atomic E-state index is -0.473. The summed E-state index contributed by atoms with van der Waals surface area (Å²) in [4.78, 5) is 32.5. The maximum absolute atomic E-state index is 13.4. The van der Waals surface area contributed by atoms with Crippen molar-refractivity contribution in [2.75, 3.05) is 18.6 Å². The third-order valence-electron chi connectivity index (χ3n) is 6.14. The van der Waals surface area contributed by atoms with Crippen LogP contribution in [0.5, 0.6) is 5.75 Å². The van der Waals surface area contributed by atoms with Gasteiger partial charge in [-0.3, -0.25) is 9.59 Å². The van der Waals surface area contributed by atoms with E-state index in [0.29, 0.717) is 49.7 Å². The summed E-state index contributed by atoms with van der Waals surface area (Å²) in [5.41, 5.74) is 2.70. The van der Waals surface area contributed by atoms with Gasteiger partial charge in [0.25, 0.3) is 0 Å². The van der Waals surface area contributed by atoms with Crippen LogP contribution in [0.25, 0.3) is 0 Å². The van der Waals surface area contributed by atoms with E-state index in [1.165, 1.54) is 0 Å². The van der Waals surface area contributed by atoms with Crippen molar-refractivity contribution in [2.24, 2.45) is 5.92 Å². The van der Waals surface area contributed by atoms with Gasteiger partial charge >= 0.3 is 0 Å². The number of amides is 2. The van der Waals surface area contributed by atoms with Crippen molar-refractivity contribution in [2.45, 2.75) is 45.6 Å². The van der Waals surface area contributed by atoms with Crippen LogP contribution in [0.15, 0.2) is 53.1 Å². The topological polar surface area (TPSA) is 97.6 Å². The number of carbonyl (C=O) groups excluding carboxylic acids is 2. The minimum Gasteiger partial charge on any atom is -0.496 e. The molecule has 0 aliphatic carbocycles. The number of hydrogen-bond acceptors (Lipinski definition) is 6. The van der Waals surface area contributed by atoms with E-state index in [4.69, 9.17) is 9.26 Å². The number of piperidine rings is 1. The number of benzene rings is 2. The van der Waals surface area contributed by atoms with Gasteiger partial charge in [0.15, 0.2) is 5.82 Å². The van der Waals surface area contributed by atoms with Crippen LogP contribution >= 0.6 is 0 Å². The summed E-state index contributed by atoms with van der Waals surface area (Å²) in [7, 11) is 1.61. The van der Waals surface area contributed by atoms with Gasteiger partial charge in [0.1, 0.15) is 5.75 Å². The second-order valence-electron chi connectivity index (χ2n) is 8.56. The fourth-order valence-electron chi connectivity index (χ4n) is 4.47. The number of para-hydroxylation sites is 1. The molecule has 178 valence electrons. The van der Waals surface area contributed by atoms with Crippen LogP contribution in [-0.2, 0) is 16.0 Å². The quantitative estimate of drug-likeness (QED) is 0.510. The van der Waals surface area contributed by atoms with Gasteiger partial charge in [-0.25, -0.2) is 0 Å². The molecule has 0 saturated carbocycles. The van der Waals surface area contributed by atoms with Gasteiger partial charge in [0, 0.05) is 30.6 Å². The Labute approximate surface area is 199 Å². The Kier molecular flexibility index (Phi) is 7.25. The number of ether oxygens (including phenoxy) is 1. The fourth-order valence-corrected chi connectivity index (χ4v) is 4.47. The van der Waals surface area contributed by atoms with E-state index in [9.17, 15) is 9.59 Å². The monoisotopic (exact) mass is 462 g/mol. The van der Waals surface area contributed by atoms with Crippen LogP contribution in [-0.4, -0.2) is 35.6 Å². The molecule has 1 saturated heterocycles. The Morgan fingerprint density at radius 1 is 1.18 bits per heavy atom. The molecule has 2 unspecified atom stereocenters. The first-order valence-corrected chi connectivity index (χ1v) is 11.6. The Morgan fingerprint density at radius 3 is 2.65 bits per heavy atom. The van der Waals surface area contributed by atoms with Crippen molar-refractivity contribution in [3.8, 4) is 5.75 Å². The van der Waals surface area contributed by atoms with Crippen molar-refractivity contribution in [1.29, 1.82) is 0 Å². The smallest absolute Gasteiger partial charge is 0.227 e. The van der Waals surface area contributed by atoms with Gasteiger partial charge in [-0.1, -0.05) is 41.1 Å². The summed E-state index contributed by atoms with van der Waals surface area (Å²) >= 11 is 0. The van der Waals surface area contributed by atoms with E-state index < -0.39 is 12.0 Å². The predicted molar refractivity (Wildman–Crippen MR) is 127 cm³/mol. The van der Waals surface area contributed by atoms with Crippen LogP contribution in [0.1, 0.15) is 48.1 Å². The number of aromatic nitrogens is 2. The number of aryl methyl sites for hydroxylation is 3. The van der Waals surface area contributed by atoms with Gasteiger partial charge in [0.2, 0.25) is 17.7 Å². The Bertz CT molecular complexity index is 1140. The Hall–Kier alpha value is -3.68. The molecule has 3 aromatic rings. The van der Waals surface area contributed by atoms with Gasteiger partial charge in [-0.15, -0.1) is 0 Å². The standard InChI is InChI=1S/C26H30N4O4/c1-17-10-12-19(13-11-17)30-24(31)15-14-21(25(30)20-7-4-5-8-22(20)33-3)26(32)27-16-6-9-23-28-18(2)29-34-23/h4-5,7-8,10-13,21,25H,6,9,14-16H2,1-3H3,(H,27,32). The molecule has 8 heteroatoms. The van der Waals surface area contributed by atoms with E-state index in [0.717, 1.165) is 16.8 Å². The van der Waals surface area contributed by atoms with Crippen LogP contribution in [0, 0.1) is 19.8 Å². The summed E-state index contributed by atoms with van der Waals surface area (Å²) in [6.45, 7) is 4.26. The second-order valence-corrected chi connectivity index (χ2v) is 8.56. The van der Waals surface area contributed by atoms with Crippen molar-refractivity contribution < 1.29 is 18.8 Å². The summed E-state index contributed by atoms with van der Waals surface area (Å²) < 4.78 is 10.8. The van der Waals surface area contributed by atoms with Gasteiger partial charge in [-0.05, 0) is 44.9 Å². The number of methoxy groups -OCH3 is 1. The molecule has 0 spiro atoms. The molecule has 34 heavy (non-hydrogen) atoms. The fraction of sp³-hybridized carbons (Fsp3) is 0.385. The lowest BCUT2D eigenvalue weighted by Gasteiger charge is -2.41. The maximum atomic E-state index is 13.4. The average Bonchev–Trinajstić information content (AvgIpc) is 3.27. The molecule has 2 atom stereocenters. The Morgan fingerprint density at radius 2 is 1.94 bits per heavy atom. The number of carbonyl (C=O) groups is 2. The highest BCUT2D eigenvalue weighted by Gasteiger charge is 2.42. The van der Waals surface area contributed by atoms with Crippen molar-refractivity contribution in [3.63, 3.8) is 0 Å². The molecule has 0 bridgehead atoms. The van der Waals surface area contributed by atoms with E-state index in [-0.39, 0.29) is 11.8 Å². The van der Waals surface area contributed by atoms with E-state index in [2.05, 4.69) is 15.5 Å². The molecule has 0 radical (unpaired) electrons. The van der Waals surface area contributed by atoms with Crippen LogP contribution in [0.3, 0.4) is 0 Å². The number of nitrogens with one attached hydrogen (secondary N) is 1. The normalized spacial score (nSPS) is 18.1. The molecule has 1 aliphatic rings. The molecule has 1 fully saturated rings. The van der Waals surface area contributed by atoms with Crippen molar-refractivity contribution in [3.05, 3.63) is 71.4 Å². The molecule has 4 rings (SSSR count). The summed E-state index contributed by atoms with van der Waals surface area (Å²) in [6, 6.07) is 14.9. The number of hydrogen-bond donors (Lipinski definition) is 1. The van der Waals surface area contributed by atoms with E-state index >= 15 is 0 Å². The summed E-state index contributed by atoms with van der Waals surface area (Å²) in [5, 5.41) is 6.85. The lowest BCUT2D eigenvalue weighted by Crippen LogP contribution is -2.48. The number of nitrogens with zero attached hydrogens (tertiary/aromatic N) is 3. The van der Waals surface area contributed by atoms with Crippen LogP contribution in [0.2, 0.25) is 0 Å². The van der Waals surface area contributed by atoms with E-state index in [1.54, 1.807) is 18.9 Å². The zero-order valence-electron chi connectivity index (χ0n) is 19.8. The van der Waals surface area contributed by atoms with Crippen LogP contribution < -0.4 is 15.0 Å². The summed E-state index contributed by atoms with van der Waals surface area (Å²) in [5.74, 6) is 1.32. The highest BCUT2D eigenvalue weighted by molar-refractivity contribution is 5.97. The average molecular weight is 463 g/mol. The van der Waals surface area contributed by atoms with Gasteiger partial charge in [-0.2, -0.15) is 4.98 Å². The number of anilines is 1.